The summed E-state index contributed by atoms with van der Waals surface area (Å²) in [6.07, 6.45) is 5.79. The van der Waals surface area contributed by atoms with E-state index >= 15 is 0 Å². The molecule has 0 saturated heterocycles. The summed E-state index contributed by atoms with van der Waals surface area (Å²) >= 11 is 4.72. The van der Waals surface area contributed by atoms with E-state index in [-0.39, 0.29) is 5.69 Å². The largest absolute Gasteiger partial charge is 0.284 e. The molecule has 0 saturated carbocycles. The fraction of sp³-hybridized carbons (Fsp3) is 0.250. The number of aliphatic imine (C=N–C) groups is 1. The van der Waals surface area contributed by atoms with E-state index in [0.29, 0.717) is 20.6 Å². The van der Waals surface area contributed by atoms with Crippen LogP contribution in [0.25, 0.3) is 0 Å². The predicted octanol–water partition coefficient (Wildman–Crippen LogP) is 4.92. The number of benzene rings is 1. The number of fused-ring (bicyclic) bond motifs is 1. The molecule has 1 aromatic heterocycles. The molecule has 1 aliphatic rings. The van der Waals surface area contributed by atoms with Gasteiger partial charge in [-0.3, -0.25) is 10.1 Å². The predicted molar refractivity (Wildman–Crippen MR) is 93.7 cm³/mol. The summed E-state index contributed by atoms with van der Waals surface area (Å²) in [5, 5.41) is 21.1. The van der Waals surface area contributed by atoms with Crippen LogP contribution < -0.4 is 0 Å². The zero-order valence-electron chi connectivity index (χ0n) is 12.1. The SMILES string of the molecule is N#Cc1c(N=Cc2ccc(Br)c([N+](=O)[O-])c2)sc2c1CCCC2. The van der Waals surface area contributed by atoms with Crippen molar-refractivity contribution >= 4 is 44.2 Å². The Hall–Kier alpha value is -2.04. The van der Waals surface area contributed by atoms with E-state index in [1.807, 2.05) is 0 Å². The van der Waals surface area contributed by atoms with Crippen molar-refractivity contribution in [3.8, 4) is 6.07 Å². The molecule has 1 aromatic carbocycles. The fourth-order valence-electron chi connectivity index (χ4n) is 2.64. The van der Waals surface area contributed by atoms with Crippen LogP contribution in [0.5, 0.6) is 0 Å². The van der Waals surface area contributed by atoms with Gasteiger partial charge >= 0.3 is 0 Å². The van der Waals surface area contributed by atoms with E-state index in [2.05, 4.69) is 27.0 Å². The third-order valence-electron chi connectivity index (χ3n) is 3.76. The molecule has 0 radical (unpaired) electrons. The lowest BCUT2D eigenvalue weighted by Crippen LogP contribution is -1.99. The van der Waals surface area contributed by atoms with Crippen LogP contribution in [0.4, 0.5) is 10.7 Å². The first-order valence-electron chi connectivity index (χ1n) is 7.13. The van der Waals surface area contributed by atoms with Crippen molar-refractivity contribution in [2.75, 3.05) is 0 Å². The molecule has 7 heteroatoms. The molecule has 0 N–H and O–H groups in total. The van der Waals surface area contributed by atoms with Gasteiger partial charge in [0.15, 0.2) is 0 Å². The molecule has 0 spiro atoms. The quantitative estimate of drug-likeness (QED) is 0.424. The Labute approximate surface area is 145 Å². The highest BCUT2D eigenvalue weighted by atomic mass is 79.9. The van der Waals surface area contributed by atoms with Crippen molar-refractivity contribution in [2.45, 2.75) is 25.7 Å². The average Bonchev–Trinajstić information content (AvgIpc) is 2.91. The van der Waals surface area contributed by atoms with Gasteiger partial charge in [0.1, 0.15) is 11.1 Å². The maximum atomic E-state index is 11.0. The Morgan fingerprint density at radius 2 is 2.17 bits per heavy atom. The number of hydrogen-bond donors (Lipinski definition) is 0. The molecule has 116 valence electrons. The highest BCUT2D eigenvalue weighted by Gasteiger charge is 2.20. The van der Waals surface area contributed by atoms with E-state index in [9.17, 15) is 15.4 Å². The number of nitro benzene ring substituents is 1. The highest BCUT2D eigenvalue weighted by Crippen LogP contribution is 2.39. The maximum absolute atomic E-state index is 11.0. The van der Waals surface area contributed by atoms with Gasteiger partial charge in [0.05, 0.1) is 15.0 Å². The number of rotatable bonds is 3. The molecular formula is C16H12BrN3O2S. The average molecular weight is 390 g/mol. The molecule has 0 amide bonds. The molecular weight excluding hydrogens is 378 g/mol. The molecule has 3 rings (SSSR count). The van der Waals surface area contributed by atoms with Gasteiger partial charge < -0.3 is 0 Å². The third-order valence-corrected chi connectivity index (χ3v) is 5.63. The Kier molecular flexibility index (Phi) is 4.55. The van der Waals surface area contributed by atoms with Gasteiger partial charge in [-0.05, 0) is 58.8 Å². The summed E-state index contributed by atoms with van der Waals surface area (Å²) in [6.45, 7) is 0. The van der Waals surface area contributed by atoms with Crippen LogP contribution in [0, 0.1) is 21.4 Å². The molecule has 23 heavy (non-hydrogen) atoms. The van der Waals surface area contributed by atoms with Crippen LogP contribution in [0.15, 0.2) is 27.7 Å². The van der Waals surface area contributed by atoms with Gasteiger partial charge in [-0.15, -0.1) is 11.3 Å². The third kappa shape index (κ3) is 3.19. The molecule has 2 aromatic rings. The summed E-state index contributed by atoms with van der Waals surface area (Å²) in [5.74, 6) is 0. The smallest absolute Gasteiger partial charge is 0.258 e. The van der Waals surface area contributed by atoms with Crippen molar-refractivity contribution < 1.29 is 4.92 Å². The fourth-order valence-corrected chi connectivity index (χ4v) is 4.22. The Morgan fingerprint density at radius 3 is 2.91 bits per heavy atom. The zero-order valence-corrected chi connectivity index (χ0v) is 14.5. The highest BCUT2D eigenvalue weighted by molar-refractivity contribution is 9.10. The molecule has 0 bridgehead atoms. The monoisotopic (exact) mass is 389 g/mol. The normalized spacial score (nSPS) is 13.7. The maximum Gasteiger partial charge on any atom is 0.284 e. The molecule has 1 heterocycles. The lowest BCUT2D eigenvalue weighted by atomic mass is 9.96. The lowest BCUT2D eigenvalue weighted by molar-refractivity contribution is -0.385. The Morgan fingerprint density at radius 1 is 1.39 bits per heavy atom. The van der Waals surface area contributed by atoms with Crippen LogP contribution in [0.1, 0.15) is 34.4 Å². The minimum absolute atomic E-state index is 0.0000642. The topological polar surface area (TPSA) is 79.3 Å². The van der Waals surface area contributed by atoms with E-state index < -0.39 is 4.92 Å². The first kappa shape index (κ1) is 15.8. The van der Waals surface area contributed by atoms with Crippen molar-refractivity contribution in [3.63, 3.8) is 0 Å². The van der Waals surface area contributed by atoms with Gasteiger partial charge in [0, 0.05) is 17.2 Å². The summed E-state index contributed by atoms with van der Waals surface area (Å²) in [4.78, 5) is 16.2. The zero-order chi connectivity index (χ0) is 16.4. The minimum Gasteiger partial charge on any atom is -0.258 e. The number of halogens is 1. The number of hydrogen-bond acceptors (Lipinski definition) is 5. The van der Waals surface area contributed by atoms with Gasteiger partial charge in [0.2, 0.25) is 0 Å². The van der Waals surface area contributed by atoms with Gasteiger partial charge in [-0.2, -0.15) is 5.26 Å². The van der Waals surface area contributed by atoms with Crippen LogP contribution >= 0.6 is 27.3 Å². The number of nitriles is 1. The summed E-state index contributed by atoms with van der Waals surface area (Å²) in [6, 6.07) is 7.10. The number of nitro groups is 1. The summed E-state index contributed by atoms with van der Waals surface area (Å²) < 4.78 is 0.434. The van der Waals surface area contributed by atoms with Gasteiger partial charge in [0.25, 0.3) is 5.69 Å². The Bertz CT molecular complexity index is 852. The van der Waals surface area contributed by atoms with E-state index in [1.54, 1.807) is 29.7 Å². The standard InChI is InChI=1S/C16H12BrN3O2S/c17-13-6-5-10(7-14(13)20(21)22)9-19-16-12(8-18)11-3-1-2-4-15(11)23-16/h5-7,9H,1-4H2. The number of nitrogens with zero attached hydrogens (tertiary/aromatic N) is 3. The van der Waals surface area contributed by atoms with Crippen LogP contribution in [0.3, 0.4) is 0 Å². The first-order valence-corrected chi connectivity index (χ1v) is 8.73. The van der Waals surface area contributed by atoms with Crippen molar-refractivity contribution in [1.29, 1.82) is 5.26 Å². The molecule has 5 nitrogen and oxygen atoms in total. The van der Waals surface area contributed by atoms with Crippen molar-refractivity contribution in [3.05, 3.63) is 54.4 Å². The first-order chi connectivity index (χ1) is 11.1. The van der Waals surface area contributed by atoms with Crippen molar-refractivity contribution in [1.82, 2.24) is 0 Å². The second-order valence-corrected chi connectivity index (χ2v) is 7.17. The lowest BCUT2D eigenvalue weighted by Gasteiger charge is -2.09. The van der Waals surface area contributed by atoms with E-state index in [4.69, 9.17) is 0 Å². The molecule has 0 fully saturated rings. The second kappa shape index (κ2) is 6.60. The molecule has 0 aliphatic heterocycles. The molecule has 1 aliphatic carbocycles. The Balaban J connectivity index is 1.95. The molecule has 0 atom stereocenters. The summed E-state index contributed by atoms with van der Waals surface area (Å²) in [5.41, 5.74) is 2.43. The van der Waals surface area contributed by atoms with E-state index in [1.165, 1.54) is 10.9 Å². The number of thiophene rings is 1. The minimum atomic E-state index is -0.439. The van der Waals surface area contributed by atoms with Crippen LogP contribution in [-0.4, -0.2) is 11.1 Å². The van der Waals surface area contributed by atoms with E-state index in [0.717, 1.165) is 31.2 Å². The number of aryl methyl sites for hydroxylation is 1. The second-order valence-electron chi connectivity index (χ2n) is 5.23. The molecule has 0 unspecified atom stereocenters. The van der Waals surface area contributed by atoms with Crippen LogP contribution in [-0.2, 0) is 12.8 Å². The van der Waals surface area contributed by atoms with Crippen LogP contribution in [0.2, 0.25) is 0 Å². The van der Waals surface area contributed by atoms with Crippen molar-refractivity contribution in [2.24, 2.45) is 4.99 Å². The summed E-state index contributed by atoms with van der Waals surface area (Å²) in [7, 11) is 0. The van der Waals surface area contributed by atoms with Gasteiger partial charge in [-0.1, -0.05) is 6.07 Å². The van der Waals surface area contributed by atoms with Gasteiger partial charge in [-0.25, -0.2) is 4.99 Å².